The summed E-state index contributed by atoms with van der Waals surface area (Å²) in [4.78, 5) is 27.9. The zero-order valence-corrected chi connectivity index (χ0v) is 19.3. The summed E-state index contributed by atoms with van der Waals surface area (Å²) < 4.78 is 12.4. The number of Topliss-reactive ketones (excluding diaryl/α,β-unsaturated/α-hetero) is 1. The van der Waals surface area contributed by atoms with Gasteiger partial charge in [-0.1, -0.05) is 18.2 Å². The number of hydrogen-bond donors (Lipinski definition) is 1. The van der Waals surface area contributed by atoms with Crippen LogP contribution in [0, 0.1) is 6.92 Å². The standard InChI is InChI=1S/C26H28N2O5/c1-16-14-17(10-11-21(16)33-4)24(29)22-23(28(12-7-13-32-3)26(31)25(22)30)19-15-27(2)20-9-6-5-8-18(19)20/h5-6,8-11,14-15,23,29H,7,12-13H2,1-4H3/b24-22+. The number of aromatic nitrogens is 1. The predicted octanol–water partition coefficient (Wildman–Crippen LogP) is 3.95. The van der Waals surface area contributed by atoms with Crippen LogP contribution < -0.4 is 4.74 Å². The van der Waals surface area contributed by atoms with Crippen LogP contribution >= 0.6 is 0 Å². The Kier molecular flexibility index (Phi) is 6.24. The molecule has 1 aromatic heterocycles. The molecule has 1 unspecified atom stereocenters. The number of methoxy groups -OCH3 is 2. The molecule has 1 aliphatic rings. The van der Waals surface area contributed by atoms with E-state index in [0.29, 0.717) is 30.9 Å². The van der Waals surface area contributed by atoms with Gasteiger partial charge in [0.25, 0.3) is 11.7 Å². The Morgan fingerprint density at radius 2 is 1.88 bits per heavy atom. The van der Waals surface area contributed by atoms with Gasteiger partial charge in [0.1, 0.15) is 11.5 Å². The second kappa shape index (κ2) is 9.11. The third-order valence-corrected chi connectivity index (χ3v) is 6.18. The van der Waals surface area contributed by atoms with Crippen molar-refractivity contribution < 1.29 is 24.2 Å². The van der Waals surface area contributed by atoms with E-state index in [1.807, 2.05) is 49.0 Å². The summed E-state index contributed by atoms with van der Waals surface area (Å²) in [5.74, 6) is -0.810. The lowest BCUT2D eigenvalue weighted by molar-refractivity contribution is -0.140. The second-order valence-electron chi connectivity index (χ2n) is 8.24. The SMILES string of the molecule is COCCCN1C(=O)C(=O)/C(=C(/O)c2ccc(OC)c(C)c2)C1c1cn(C)c2ccccc12. The number of aliphatic hydroxyl groups excluding tert-OH is 1. The van der Waals surface area contributed by atoms with E-state index in [0.717, 1.165) is 22.0 Å². The first-order valence-corrected chi connectivity index (χ1v) is 10.8. The second-order valence-corrected chi connectivity index (χ2v) is 8.24. The molecule has 1 fully saturated rings. The molecule has 0 spiro atoms. The highest BCUT2D eigenvalue weighted by molar-refractivity contribution is 6.46. The van der Waals surface area contributed by atoms with Crippen molar-refractivity contribution in [1.82, 2.24) is 9.47 Å². The van der Waals surface area contributed by atoms with Crippen molar-refractivity contribution in [3.8, 4) is 5.75 Å². The molecular weight excluding hydrogens is 420 g/mol. The topological polar surface area (TPSA) is 81.0 Å². The number of aliphatic hydroxyl groups is 1. The smallest absolute Gasteiger partial charge is 0.295 e. The number of likely N-dealkylation sites (tertiary alicyclic amines) is 1. The van der Waals surface area contributed by atoms with Gasteiger partial charge in [0.2, 0.25) is 0 Å². The average molecular weight is 449 g/mol. The molecule has 1 aliphatic heterocycles. The number of carbonyl (C=O) groups is 2. The molecule has 2 heterocycles. The maximum Gasteiger partial charge on any atom is 0.295 e. The molecule has 0 aliphatic carbocycles. The molecule has 33 heavy (non-hydrogen) atoms. The maximum atomic E-state index is 13.2. The summed E-state index contributed by atoms with van der Waals surface area (Å²) in [7, 11) is 5.10. The summed E-state index contributed by atoms with van der Waals surface area (Å²) in [5, 5.41) is 12.2. The van der Waals surface area contributed by atoms with Gasteiger partial charge >= 0.3 is 0 Å². The number of para-hydroxylation sites is 1. The highest BCUT2D eigenvalue weighted by atomic mass is 16.5. The molecule has 2 aromatic carbocycles. The minimum Gasteiger partial charge on any atom is -0.507 e. The number of nitrogens with zero attached hydrogens (tertiary/aromatic N) is 2. The average Bonchev–Trinajstić information content (AvgIpc) is 3.27. The first-order chi connectivity index (χ1) is 15.9. The molecule has 1 N–H and O–H groups in total. The van der Waals surface area contributed by atoms with Gasteiger partial charge in [0, 0.05) is 55.5 Å². The molecule has 7 nitrogen and oxygen atoms in total. The van der Waals surface area contributed by atoms with Gasteiger partial charge in [-0.2, -0.15) is 0 Å². The van der Waals surface area contributed by atoms with Crippen molar-refractivity contribution in [3.63, 3.8) is 0 Å². The van der Waals surface area contributed by atoms with Crippen LogP contribution in [0.4, 0.5) is 0 Å². The summed E-state index contributed by atoms with van der Waals surface area (Å²) in [6.07, 6.45) is 2.50. The third kappa shape index (κ3) is 3.89. The monoisotopic (exact) mass is 448 g/mol. The van der Waals surface area contributed by atoms with Crippen LogP contribution in [0.15, 0.2) is 54.2 Å². The molecule has 1 atom stereocenters. The zero-order chi connectivity index (χ0) is 23.7. The van der Waals surface area contributed by atoms with Crippen LogP contribution in [0.3, 0.4) is 0 Å². The third-order valence-electron chi connectivity index (χ3n) is 6.18. The van der Waals surface area contributed by atoms with Gasteiger partial charge in [-0.25, -0.2) is 0 Å². The van der Waals surface area contributed by atoms with Crippen LogP contribution in [0.25, 0.3) is 16.7 Å². The van der Waals surface area contributed by atoms with Crippen LogP contribution in [-0.4, -0.2) is 53.6 Å². The number of hydrogen-bond acceptors (Lipinski definition) is 5. The van der Waals surface area contributed by atoms with Crippen LogP contribution in [0.2, 0.25) is 0 Å². The van der Waals surface area contributed by atoms with Gasteiger partial charge in [-0.15, -0.1) is 0 Å². The van der Waals surface area contributed by atoms with Crippen molar-refractivity contribution in [3.05, 3.63) is 70.9 Å². The van der Waals surface area contributed by atoms with E-state index in [1.54, 1.807) is 37.3 Å². The van der Waals surface area contributed by atoms with E-state index in [4.69, 9.17) is 9.47 Å². The minimum absolute atomic E-state index is 0.0957. The van der Waals surface area contributed by atoms with Crippen molar-refractivity contribution in [2.75, 3.05) is 27.4 Å². The summed E-state index contributed by atoms with van der Waals surface area (Å²) in [5.41, 5.74) is 3.16. The number of carbonyl (C=O) groups excluding carboxylic acids is 2. The lowest BCUT2D eigenvalue weighted by atomic mass is 9.94. The molecular formula is C26H28N2O5. The number of ether oxygens (including phenoxy) is 2. The van der Waals surface area contributed by atoms with E-state index in [9.17, 15) is 14.7 Å². The molecule has 0 radical (unpaired) electrons. The molecule has 172 valence electrons. The Bertz CT molecular complexity index is 1260. The Morgan fingerprint density at radius 3 is 2.58 bits per heavy atom. The molecule has 3 aromatic rings. The van der Waals surface area contributed by atoms with Crippen molar-refractivity contribution >= 4 is 28.4 Å². The van der Waals surface area contributed by atoms with Gasteiger partial charge in [0.05, 0.1) is 18.7 Å². The number of fused-ring (bicyclic) bond motifs is 1. The van der Waals surface area contributed by atoms with Crippen LogP contribution in [0.1, 0.15) is 29.2 Å². The summed E-state index contributed by atoms with van der Waals surface area (Å²) >= 11 is 0. The molecule has 1 amide bonds. The van der Waals surface area contributed by atoms with Gasteiger partial charge in [-0.3, -0.25) is 9.59 Å². The zero-order valence-electron chi connectivity index (χ0n) is 19.3. The fourth-order valence-corrected chi connectivity index (χ4v) is 4.59. The van der Waals surface area contributed by atoms with E-state index < -0.39 is 17.7 Å². The van der Waals surface area contributed by atoms with Crippen molar-refractivity contribution in [1.29, 1.82) is 0 Å². The number of rotatable bonds is 7. The largest absolute Gasteiger partial charge is 0.507 e. The van der Waals surface area contributed by atoms with E-state index in [-0.39, 0.29) is 11.3 Å². The van der Waals surface area contributed by atoms with Crippen molar-refractivity contribution in [2.45, 2.75) is 19.4 Å². The Hall–Kier alpha value is -3.58. The minimum atomic E-state index is -0.699. The lowest BCUT2D eigenvalue weighted by Crippen LogP contribution is -2.31. The highest BCUT2D eigenvalue weighted by Gasteiger charge is 2.46. The highest BCUT2D eigenvalue weighted by Crippen LogP contribution is 2.42. The van der Waals surface area contributed by atoms with Gasteiger partial charge in [-0.05, 0) is 43.2 Å². The van der Waals surface area contributed by atoms with Gasteiger partial charge in [0.15, 0.2) is 0 Å². The number of amides is 1. The maximum absolute atomic E-state index is 13.2. The Morgan fingerprint density at radius 1 is 1.12 bits per heavy atom. The first-order valence-electron chi connectivity index (χ1n) is 10.8. The molecule has 1 saturated heterocycles. The molecule has 0 saturated carbocycles. The molecule has 0 bridgehead atoms. The fraction of sp³-hybridized carbons (Fsp3) is 0.308. The lowest BCUT2D eigenvalue weighted by Gasteiger charge is -2.25. The summed E-state index contributed by atoms with van der Waals surface area (Å²) in [6.45, 7) is 2.66. The molecule has 7 heteroatoms. The van der Waals surface area contributed by atoms with E-state index in [1.165, 1.54) is 0 Å². The van der Waals surface area contributed by atoms with Gasteiger partial charge < -0.3 is 24.0 Å². The summed E-state index contributed by atoms with van der Waals surface area (Å²) in [6, 6.07) is 12.3. The number of ketones is 1. The fourth-order valence-electron chi connectivity index (χ4n) is 4.59. The van der Waals surface area contributed by atoms with E-state index in [2.05, 4.69) is 0 Å². The Labute approximate surface area is 192 Å². The normalized spacial score (nSPS) is 17.8. The predicted molar refractivity (Wildman–Crippen MR) is 126 cm³/mol. The van der Waals surface area contributed by atoms with Crippen molar-refractivity contribution in [2.24, 2.45) is 7.05 Å². The number of benzene rings is 2. The quantitative estimate of drug-likeness (QED) is 0.256. The number of aryl methyl sites for hydroxylation is 2. The van der Waals surface area contributed by atoms with E-state index >= 15 is 0 Å². The Balaban J connectivity index is 1.91. The molecule has 4 rings (SSSR count). The van der Waals surface area contributed by atoms with Crippen LogP contribution in [0.5, 0.6) is 5.75 Å². The van der Waals surface area contributed by atoms with Crippen LogP contribution in [-0.2, 0) is 21.4 Å². The first kappa shape index (κ1) is 22.6.